The lowest BCUT2D eigenvalue weighted by atomic mass is 10.1. The van der Waals surface area contributed by atoms with E-state index in [0.29, 0.717) is 47.5 Å². The Morgan fingerprint density at radius 3 is 2.71 bits per heavy atom. The highest BCUT2D eigenvalue weighted by molar-refractivity contribution is 6.05. The Morgan fingerprint density at radius 2 is 1.86 bits per heavy atom. The third kappa shape index (κ3) is 3.16. The van der Waals surface area contributed by atoms with Crippen molar-refractivity contribution in [1.29, 1.82) is 0 Å². The number of fused-ring (bicyclic) bond motifs is 2. The lowest BCUT2D eigenvalue weighted by Crippen LogP contribution is -2.19. The molecule has 1 aromatic carbocycles. The Bertz CT molecular complexity index is 1030. The minimum Gasteiger partial charge on any atom is -0.486 e. The zero-order valence-electron chi connectivity index (χ0n) is 15.3. The SMILES string of the molecule is O=C(Nc1ccc2c(c1)OCCO2)c1cnc2c(c1)ncn2C1CCOCC1. The van der Waals surface area contributed by atoms with E-state index in [4.69, 9.17) is 14.2 Å². The summed E-state index contributed by atoms with van der Waals surface area (Å²) in [5, 5.41) is 2.88. The van der Waals surface area contributed by atoms with Crippen molar-refractivity contribution < 1.29 is 19.0 Å². The van der Waals surface area contributed by atoms with Crippen molar-refractivity contribution in [2.45, 2.75) is 18.9 Å². The molecule has 2 aliphatic heterocycles. The summed E-state index contributed by atoms with van der Waals surface area (Å²) >= 11 is 0. The quantitative estimate of drug-likeness (QED) is 0.752. The molecule has 0 radical (unpaired) electrons. The number of anilines is 1. The fourth-order valence-corrected chi connectivity index (χ4v) is 3.60. The average Bonchev–Trinajstić information content (AvgIpc) is 3.17. The molecule has 0 spiro atoms. The Balaban J connectivity index is 1.36. The number of ether oxygens (including phenoxy) is 3. The van der Waals surface area contributed by atoms with E-state index in [9.17, 15) is 4.79 Å². The van der Waals surface area contributed by atoms with Crippen LogP contribution in [0.4, 0.5) is 5.69 Å². The topological polar surface area (TPSA) is 87.5 Å². The maximum atomic E-state index is 12.7. The highest BCUT2D eigenvalue weighted by Gasteiger charge is 2.19. The number of hydrogen-bond acceptors (Lipinski definition) is 6. The molecule has 8 nitrogen and oxygen atoms in total. The van der Waals surface area contributed by atoms with E-state index in [0.717, 1.165) is 31.7 Å². The van der Waals surface area contributed by atoms with Crippen LogP contribution in [0.25, 0.3) is 11.2 Å². The number of imidazole rings is 1. The summed E-state index contributed by atoms with van der Waals surface area (Å²) in [6.45, 7) is 2.53. The van der Waals surface area contributed by atoms with Gasteiger partial charge in [-0.25, -0.2) is 9.97 Å². The molecular formula is C20H20N4O4. The fourth-order valence-electron chi connectivity index (χ4n) is 3.60. The number of rotatable bonds is 3. The molecular weight excluding hydrogens is 360 g/mol. The van der Waals surface area contributed by atoms with Gasteiger partial charge in [-0.15, -0.1) is 0 Å². The van der Waals surface area contributed by atoms with Gasteiger partial charge in [0, 0.05) is 37.2 Å². The number of amides is 1. The highest BCUT2D eigenvalue weighted by Crippen LogP contribution is 2.32. The van der Waals surface area contributed by atoms with Crippen LogP contribution < -0.4 is 14.8 Å². The maximum Gasteiger partial charge on any atom is 0.257 e. The van der Waals surface area contributed by atoms with Gasteiger partial charge in [-0.3, -0.25) is 4.79 Å². The van der Waals surface area contributed by atoms with E-state index in [-0.39, 0.29) is 5.91 Å². The van der Waals surface area contributed by atoms with Gasteiger partial charge in [0.05, 0.1) is 11.9 Å². The van der Waals surface area contributed by atoms with Crippen LogP contribution in [-0.4, -0.2) is 46.9 Å². The van der Waals surface area contributed by atoms with Crippen molar-refractivity contribution in [1.82, 2.24) is 14.5 Å². The lowest BCUT2D eigenvalue weighted by Gasteiger charge is -2.23. The van der Waals surface area contributed by atoms with E-state index in [1.54, 1.807) is 36.8 Å². The maximum absolute atomic E-state index is 12.7. The zero-order valence-corrected chi connectivity index (χ0v) is 15.3. The minimum absolute atomic E-state index is 0.244. The van der Waals surface area contributed by atoms with Crippen LogP contribution >= 0.6 is 0 Å². The molecule has 1 saturated heterocycles. The van der Waals surface area contributed by atoms with E-state index in [1.165, 1.54) is 0 Å². The summed E-state index contributed by atoms with van der Waals surface area (Å²) in [5.41, 5.74) is 2.60. The highest BCUT2D eigenvalue weighted by atomic mass is 16.6. The summed E-state index contributed by atoms with van der Waals surface area (Å²) in [4.78, 5) is 21.6. The number of benzene rings is 1. The molecule has 0 bridgehead atoms. The molecule has 4 heterocycles. The Labute approximate surface area is 161 Å². The largest absolute Gasteiger partial charge is 0.486 e. The van der Waals surface area contributed by atoms with Crippen molar-refractivity contribution in [2.24, 2.45) is 0 Å². The molecule has 1 fully saturated rings. The molecule has 0 atom stereocenters. The molecule has 0 saturated carbocycles. The molecule has 1 N–H and O–H groups in total. The van der Waals surface area contributed by atoms with Gasteiger partial charge in [-0.05, 0) is 31.0 Å². The predicted molar refractivity (Wildman–Crippen MR) is 102 cm³/mol. The number of carbonyl (C=O) groups excluding carboxylic acids is 1. The van der Waals surface area contributed by atoms with Crippen molar-refractivity contribution in [3.63, 3.8) is 0 Å². The molecule has 0 unspecified atom stereocenters. The van der Waals surface area contributed by atoms with Gasteiger partial charge in [0.15, 0.2) is 17.1 Å². The standard InChI is InChI=1S/C20H20N4O4/c25-20(23-14-1-2-17-18(10-14)28-8-7-27-17)13-9-16-19(21-11-13)24(12-22-16)15-3-5-26-6-4-15/h1-2,9-12,15H,3-8H2,(H,23,25). The van der Waals surface area contributed by atoms with Crippen LogP contribution in [0.3, 0.4) is 0 Å². The fraction of sp³-hybridized carbons (Fsp3) is 0.350. The summed E-state index contributed by atoms with van der Waals surface area (Å²) in [6, 6.07) is 7.45. The van der Waals surface area contributed by atoms with Crippen LogP contribution in [0, 0.1) is 0 Å². The molecule has 5 rings (SSSR count). The van der Waals surface area contributed by atoms with Crippen molar-refractivity contribution in [3.05, 3.63) is 42.4 Å². The Kier molecular flexibility index (Phi) is 4.32. The van der Waals surface area contributed by atoms with Gasteiger partial charge in [0.2, 0.25) is 0 Å². The van der Waals surface area contributed by atoms with Crippen molar-refractivity contribution in [2.75, 3.05) is 31.7 Å². The first-order valence-corrected chi connectivity index (χ1v) is 9.39. The number of nitrogens with zero attached hydrogens (tertiary/aromatic N) is 3. The normalized spacial score (nSPS) is 16.9. The summed E-state index contributed by atoms with van der Waals surface area (Å²) < 4.78 is 18.6. The number of carbonyl (C=O) groups is 1. The van der Waals surface area contributed by atoms with E-state index in [2.05, 4.69) is 19.9 Å². The van der Waals surface area contributed by atoms with Gasteiger partial charge in [0.25, 0.3) is 5.91 Å². The average molecular weight is 380 g/mol. The van der Waals surface area contributed by atoms with Crippen molar-refractivity contribution in [3.8, 4) is 11.5 Å². The molecule has 2 aromatic heterocycles. The van der Waals surface area contributed by atoms with Crippen LogP contribution in [0.2, 0.25) is 0 Å². The van der Waals surface area contributed by atoms with Gasteiger partial charge >= 0.3 is 0 Å². The number of hydrogen-bond donors (Lipinski definition) is 1. The van der Waals surface area contributed by atoms with Crippen molar-refractivity contribution >= 4 is 22.8 Å². The Hall–Kier alpha value is -3.13. The van der Waals surface area contributed by atoms with Crippen LogP contribution in [0.1, 0.15) is 29.2 Å². The molecule has 28 heavy (non-hydrogen) atoms. The number of aromatic nitrogens is 3. The Morgan fingerprint density at radius 1 is 1.04 bits per heavy atom. The minimum atomic E-state index is -0.244. The monoisotopic (exact) mass is 380 g/mol. The molecule has 0 aliphatic carbocycles. The van der Waals surface area contributed by atoms with E-state index < -0.39 is 0 Å². The first-order valence-electron chi connectivity index (χ1n) is 9.39. The summed E-state index contributed by atoms with van der Waals surface area (Å²) in [7, 11) is 0. The van der Waals surface area contributed by atoms with E-state index >= 15 is 0 Å². The lowest BCUT2D eigenvalue weighted by molar-refractivity contribution is 0.0704. The van der Waals surface area contributed by atoms with E-state index in [1.807, 2.05) is 0 Å². The molecule has 3 aromatic rings. The molecule has 1 amide bonds. The smallest absolute Gasteiger partial charge is 0.257 e. The second-order valence-electron chi connectivity index (χ2n) is 6.87. The van der Waals surface area contributed by atoms with Crippen LogP contribution in [0.15, 0.2) is 36.8 Å². The second kappa shape index (κ2) is 7.12. The summed E-state index contributed by atoms with van der Waals surface area (Å²) in [6.07, 6.45) is 5.28. The second-order valence-corrected chi connectivity index (χ2v) is 6.87. The number of pyridine rings is 1. The first-order chi connectivity index (χ1) is 13.8. The van der Waals surface area contributed by atoms with Gasteiger partial charge in [-0.2, -0.15) is 0 Å². The third-order valence-corrected chi connectivity index (χ3v) is 5.06. The van der Waals surface area contributed by atoms with Gasteiger partial charge in [0.1, 0.15) is 18.7 Å². The first kappa shape index (κ1) is 17.0. The number of nitrogens with one attached hydrogen (secondary N) is 1. The van der Waals surface area contributed by atoms with Gasteiger partial charge < -0.3 is 24.1 Å². The third-order valence-electron chi connectivity index (χ3n) is 5.06. The van der Waals surface area contributed by atoms with Crippen LogP contribution in [0.5, 0.6) is 11.5 Å². The molecule has 144 valence electrons. The zero-order chi connectivity index (χ0) is 18.9. The molecule has 2 aliphatic rings. The predicted octanol–water partition coefficient (Wildman–Crippen LogP) is 2.81. The molecule has 8 heteroatoms. The van der Waals surface area contributed by atoms with Crippen LogP contribution in [-0.2, 0) is 4.74 Å². The van der Waals surface area contributed by atoms with Gasteiger partial charge in [-0.1, -0.05) is 0 Å². The summed E-state index contributed by atoms with van der Waals surface area (Å²) in [5.74, 6) is 1.07.